The number of aromatic nitrogens is 3. The lowest BCUT2D eigenvalue weighted by Gasteiger charge is -2.26. The third-order valence-electron chi connectivity index (χ3n) is 4.76. The molecule has 0 saturated carbocycles. The molecule has 2 heterocycles. The van der Waals surface area contributed by atoms with Crippen LogP contribution >= 0.6 is 0 Å². The van der Waals surface area contributed by atoms with Gasteiger partial charge in [0.1, 0.15) is 18.2 Å². The number of hydrogen-bond donors (Lipinski definition) is 1. The minimum absolute atomic E-state index is 0.0216. The fraction of sp³-hybridized carbons (Fsp3) is 0.200. The summed E-state index contributed by atoms with van der Waals surface area (Å²) in [5.41, 5.74) is -0.287. The molecule has 30 heavy (non-hydrogen) atoms. The predicted octanol–water partition coefficient (Wildman–Crippen LogP) is 1.62. The molecule has 1 aromatic heterocycles. The van der Waals surface area contributed by atoms with E-state index in [1.807, 2.05) is 0 Å². The Kier molecular flexibility index (Phi) is 5.13. The second-order valence-corrected chi connectivity index (χ2v) is 6.76. The van der Waals surface area contributed by atoms with E-state index >= 15 is 0 Å². The van der Waals surface area contributed by atoms with Gasteiger partial charge in [-0.2, -0.15) is 0 Å². The molecule has 1 aliphatic heterocycles. The number of amides is 2. The third kappa shape index (κ3) is 3.71. The number of nitrogens with one attached hydrogen (secondary N) is 1. The number of hydrogen-bond acceptors (Lipinski definition) is 4. The van der Waals surface area contributed by atoms with E-state index < -0.39 is 35.7 Å². The number of anilines is 1. The minimum Gasteiger partial charge on any atom is -0.330 e. The van der Waals surface area contributed by atoms with Crippen molar-refractivity contribution in [3.8, 4) is 0 Å². The molecule has 0 saturated heterocycles. The second kappa shape index (κ2) is 7.90. The summed E-state index contributed by atoms with van der Waals surface area (Å²) in [5.74, 6) is -2.35. The smallest absolute Gasteiger partial charge is 0.330 e. The van der Waals surface area contributed by atoms with Gasteiger partial charge in [-0.1, -0.05) is 30.3 Å². The van der Waals surface area contributed by atoms with E-state index in [4.69, 9.17) is 0 Å². The number of fused-ring (bicyclic) bond motifs is 1. The van der Waals surface area contributed by atoms with Gasteiger partial charge in [0.25, 0.3) is 5.91 Å². The molecule has 3 aromatic rings. The highest BCUT2D eigenvalue weighted by atomic mass is 19.1. The average molecular weight is 413 g/mol. The molecule has 0 radical (unpaired) electrons. The first-order valence-corrected chi connectivity index (χ1v) is 9.19. The summed E-state index contributed by atoms with van der Waals surface area (Å²) < 4.78 is 29.6. The van der Waals surface area contributed by atoms with E-state index in [0.717, 1.165) is 4.68 Å². The van der Waals surface area contributed by atoms with Crippen LogP contribution in [-0.4, -0.2) is 37.6 Å². The van der Waals surface area contributed by atoms with Crippen molar-refractivity contribution in [2.24, 2.45) is 0 Å². The third-order valence-corrected chi connectivity index (χ3v) is 4.76. The molecule has 1 aliphatic rings. The minimum atomic E-state index is -0.659. The highest BCUT2D eigenvalue weighted by molar-refractivity contribution is 5.92. The van der Waals surface area contributed by atoms with E-state index in [1.54, 1.807) is 24.3 Å². The molecule has 2 aromatic carbocycles. The lowest BCUT2D eigenvalue weighted by Crippen LogP contribution is -2.42. The molecule has 2 amide bonds. The monoisotopic (exact) mass is 413 g/mol. The van der Waals surface area contributed by atoms with Crippen molar-refractivity contribution < 1.29 is 18.4 Å². The molecular weight excluding hydrogens is 396 g/mol. The van der Waals surface area contributed by atoms with Gasteiger partial charge in [-0.3, -0.25) is 14.2 Å². The summed E-state index contributed by atoms with van der Waals surface area (Å²) in [6.07, 6.45) is 0. The quantitative estimate of drug-likeness (QED) is 0.689. The van der Waals surface area contributed by atoms with Crippen LogP contribution in [0.5, 0.6) is 0 Å². The fourth-order valence-corrected chi connectivity index (χ4v) is 3.24. The van der Waals surface area contributed by atoms with Crippen LogP contribution < -0.4 is 11.0 Å². The summed E-state index contributed by atoms with van der Waals surface area (Å²) >= 11 is 0. The van der Waals surface area contributed by atoms with E-state index in [2.05, 4.69) is 10.4 Å². The highest BCUT2D eigenvalue weighted by Crippen LogP contribution is 2.15. The van der Waals surface area contributed by atoms with Gasteiger partial charge in [0.15, 0.2) is 0 Å². The number of carbonyl (C=O) groups excluding carboxylic acids is 2. The van der Waals surface area contributed by atoms with Crippen molar-refractivity contribution in [1.82, 2.24) is 19.2 Å². The normalized spacial score (nSPS) is 13.3. The number of halogens is 2. The van der Waals surface area contributed by atoms with Gasteiger partial charge in [0.2, 0.25) is 11.7 Å². The van der Waals surface area contributed by atoms with Crippen LogP contribution in [0.25, 0.3) is 0 Å². The van der Waals surface area contributed by atoms with Crippen LogP contribution in [0, 0.1) is 11.6 Å². The zero-order valence-electron chi connectivity index (χ0n) is 15.7. The van der Waals surface area contributed by atoms with E-state index in [9.17, 15) is 23.2 Å². The maximum absolute atomic E-state index is 13.9. The molecule has 0 fully saturated rings. The van der Waals surface area contributed by atoms with Gasteiger partial charge in [0, 0.05) is 25.2 Å². The maximum Gasteiger partial charge on any atom is 0.346 e. The first-order valence-electron chi connectivity index (χ1n) is 9.19. The standard InChI is InChI=1S/C20H17F2N5O3/c21-14-6-2-1-5-13(14)11-25-9-10-26-18(19(25)29)24-27(20(26)30)12-17(28)23-16-8-4-3-7-15(16)22/h1-8H,9-12H2,(H,23,28). The second-order valence-electron chi connectivity index (χ2n) is 6.76. The van der Waals surface area contributed by atoms with Gasteiger partial charge in [-0.05, 0) is 18.2 Å². The number of carbonyl (C=O) groups is 2. The van der Waals surface area contributed by atoms with Crippen molar-refractivity contribution in [3.63, 3.8) is 0 Å². The maximum atomic E-state index is 13.9. The van der Waals surface area contributed by atoms with Crippen molar-refractivity contribution in [3.05, 3.63) is 82.0 Å². The molecule has 0 unspecified atom stereocenters. The van der Waals surface area contributed by atoms with Gasteiger partial charge in [0.05, 0.1) is 5.69 Å². The number of nitrogens with zero attached hydrogens (tertiary/aromatic N) is 4. The lowest BCUT2D eigenvalue weighted by molar-refractivity contribution is -0.117. The van der Waals surface area contributed by atoms with Crippen molar-refractivity contribution in [2.45, 2.75) is 19.6 Å². The van der Waals surface area contributed by atoms with Crippen LogP contribution in [0.3, 0.4) is 0 Å². The zero-order valence-corrected chi connectivity index (χ0v) is 15.7. The lowest BCUT2D eigenvalue weighted by atomic mass is 10.2. The van der Waals surface area contributed by atoms with Gasteiger partial charge in [-0.15, -0.1) is 5.10 Å². The molecule has 10 heteroatoms. The van der Waals surface area contributed by atoms with Gasteiger partial charge >= 0.3 is 5.69 Å². The van der Waals surface area contributed by atoms with Crippen LogP contribution in [0.2, 0.25) is 0 Å². The molecule has 8 nitrogen and oxygen atoms in total. The Hall–Kier alpha value is -3.82. The number of benzene rings is 2. The van der Waals surface area contributed by atoms with Crippen LogP contribution in [0.4, 0.5) is 14.5 Å². The van der Waals surface area contributed by atoms with Crippen molar-refractivity contribution in [2.75, 3.05) is 11.9 Å². The van der Waals surface area contributed by atoms with Gasteiger partial charge < -0.3 is 10.2 Å². The summed E-state index contributed by atoms with van der Waals surface area (Å²) in [4.78, 5) is 38.8. The topological polar surface area (TPSA) is 89.2 Å². The zero-order chi connectivity index (χ0) is 21.3. The molecule has 0 bridgehead atoms. The Morgan fingerprint density at radius 3 is 2.43 bits per heavy atom. The van der Waals surface area contributed by atoms with Crippen molar-refractivity contribution >= 4 is 17.5 Å². The molecule has 0 atom stereocenters. The van der Waals surface area contributed by atoms with Crippen LogP contribution in [0.15, 0.2) is 53.3 Å². The Morgan fingerprint density at radius 2 is 1.70 bits per heavy atom. The fourth-order valence-electron chi connectivity index (χ4n) is 3.24. The Labute approximate surface area is 169 Å². The molecular formula is C20H17F2N5O3. The van der Waals surface area contributed by atoms with Gasteiger partial charge in [-0.25, -0.2) is 18.3 Å². The number of rotatable bonds is 5. The first-order chi connectivity index (χ1) is 14.4. The highest BCUT2D eigenvalue weighted by Gasteiger charge is 2.30. The molecule has 0 aliphatic carbocycles. The summed E-state index contributed by atoms with van der Waals surface area (Å²) in [7, 11) is 0. The van der Waals surface area contributed by atoms with Crippen LogP contribution in [-0.2, 0) is 24.4 Å². The predicted molar refractivity (Wildman–Crippen MR) is 103 cm³/mol. The molecule has 154 valence electrons. The molecule has 1 N–H and O–H groups in total. The summed E-state index contributed by atoms with van der Waals surface area (Å²) in [5, 5.41) is 6.34. The van der Waals surface area contributed by atoms with E-state index in [0.29, 0.717) is 5.56 Å². The first kappa shape index (κ1) is 19.5. The SMILES string of the molecule is O=C(Cn1nc2n(c1=O)CCN(Cc1ccccc1F)C2=O)Nc1ccccc1F. The number of para-hydroxylation sites is 1. The van der Waals surface area contributed by atoms with E-state index in [1.165, 1.54) is 33.7 Å². The average Bonchev–Trinajstić information content (AvgIpc) is 3.04. The summed E-state index contributed by atoms with van der Waals surface area (Å²) in [6.45, 7) is -0.0649. The van der Waals surface area contributed by atoms with Crippen LogP contribution in [0.1, 0.15) is 16.2 Å². The Balaban J connectivity index is 1.51. The molecule has 0 spiro atoms. The Morgan fingerprint density at radius 1 is 1.00 bits per heavy atom. The molecule has 4 rings (SSSR count). The van der Waals surface area contributed by atoms with Crippen molar-refractivity contribution in [1.29, 1.82) is 0 Å². The Bertz CT molecular complexity index is 1190. The van der Waals surface area contributed by atoms with E-state index in [-0.39, 0.29) is 31.1 Å². The largest absolute Gasteiger partial charge is 0.346 e. The summed E-state index contributed by atoms with van der Waals surface area (Å²) in [6, 6.07) is 11.7.